The summed E-state index contributed by atoms with van der Waals surface area (Å²) in [5.41, 5.74) is 5.31. The van der Waals surface area contributed by atoms with Gasteiger partial charge in [0.05, 0.1) is 25.6 Å². The number of aromatic nitrogens is 6. The van der Waals surface area contributed by atoms with E-state index in [0.29, 0.717) is 11.2 Å². The second kappa shape index (κ2) is 10.9. The summed E-state index contributed by atoms with van der Waals surface area (Å²) in [6.07, 6.45) is -2.51. The van der Waals surface area contributed by atoms with Crippen molar-refractivity contribution in [1.29, 1.82) is 0 Å². The van der Waals surface area contributed by atoms with Gasteiger partial charge in [0.25, 0.3) is 5.56 Å². The predicted octanol–water partition coefficient (Wildman–Crippen LogP) is -1.26. The summed E-state index contributed by atoms with van der Waals surface area (Å²) in [4.78, 5) is 38.1. The van der Waals surface area contributed by atoms with Gasteiger partial charge in [-0.3, -0.25) is 28.0 Å². The van der Waals surface area contributed by atoms with Crippen molar-refractivity contribution in [2.24, 2.45) is 0 Å². The van der Waals surface area contributed by atoms with E-state index in [1.165, 1.54) is 32.6 Å². The molecular weight excluding hydrogens is 541 g/mol. The first-order valence-corrected chi connectivity index (χ1v) is 13.9. The van der Waals surface area contributed by atoms with Crippen LogP contribution in [0.15, 0.2) is 34.5 Å². The molecule has 3 aromatic rings. The number of methoxy groups -OCH3 is 1. The van der Waals surface area contributed by atoms with Crippen molar-refractivity contribution in [3.8, 4) is 0 Å². The Balaban J connectivity index is 1.26. The molecule has 0 aromatic carbocycles. The van der Waals surface area contributed by atoms with Crippen LogP contribution in [0.3, 0.4) is 0 Å². The summed E-state index contributed by atoms with van der Waals surface area (Å²) >= 11 is 0. The summed E-state index contributed by atoms with van der Waals surface area (Å²) in [5, 5.41) is 20.4. The molecule has 39 heavy (non-hydrogen) atoms. The number of imidazole rings is 1. The fourth-order valence-corrected chi connectivity index (χ4v) is 5.84. The van der Waals surface area contributed by atoms with E-state index in [4.69, 9.17) is 29.0 Å². The Bertz CT molecular complexity index is 1490. The Morgan fingerprint density at radius 2 is 2.00 bits per heavy atom. The van der Waals surface area contributed by atoms with Gasteiger partial charge in [0.1, 0.15) is 42.5 Å². The van der Waals surface area contributed by atoms with Crippen molar-refractivity contribution in [3.63, 3.8) is 0 Å². The van der Waals surface area contributed by atoms with Crippen LogP contribution in [0, 0.1) is 0 Å². The lowest BCUT2D eigenvalue weighted by molar-refractivity contribution is -0.0625. The molecule has 0 aliphatic carbocycles. The zero-order valence-corrected chi connectivity index (χ0v) is 21.8. The molecule has 17 nitrogen and oxygen atoms in total. The fraction of sp³-hybridized carbons (Fsp3) is 0.571. The van der Waals surface area contributed by atoms with Gasteiger partial charge in [0.2, 0.25) is 0 Å². The molecule has 5 N–H and O–H groups in total. The SMILES string of the molecule is CO[C@@H]1C(OP(C)(=O)OC[C@H]2O[C@@H](n3cnc4c(N)ncnc43)CC2O)[C@@H](CO)O[C@H]1n1ccc(=O)[nH]c1=O. The third kappa shape index (κ3) is 5.39. The Kier molecular flexibility index (Phi) is 7.67. The number of rotatable bonds is 9. The zero-order chi connectivity index (χ0) is 27.9. The lowest BCUT2D eigenvalue weighted by atomic mass is 10.1. The van der Waals surface area contributed by atoms with Crippen molar-refractivity contribution in [2.75, 3.05) is 32.7 Å². The van der Waals surface area contributed by atoms with Crippen LogP contribution < -0.4 is 17.0 Å². The first-order chi connectivity index (χ1) is 18.6. The minimum Gasteiger partial charge on any atom is -0.394 e. The van der Waals surface area contributed by atoms with Gasteiger partial charge in [-0.15, -0.1) is 0 Å². The van der Waals surface area contributed by atoms with Crippen molar-refractivity contribution in [3.05, 3.63) is 45.8 Å². The monoisotopic (exact) mass is 569 g/mol. The molecule has 18 heteroatoms. The maximum atomic E-state index is 13.3. The molecular formula is C21H28N7O10P. The van der Waals surface area contributed by atoms with Crippen molar-refractivity contribution >= 4 is 24.6 Å². The van der Waals surface area contributed by atoms with Gasteiger partial charge in [0, 0.05) is 32.5 Å². The summed E-state index contributed by atoms with van der Waals surface area (Å²) in [7, 11) is -2.52. The Morgan fingerprint density at radius 3 is 2.72 bits per heavy atom. The number of nitrogens with zero attached hydrogens (tertiary/aromatic N) is 5. The first kappa shape index (κ1) is 27.5. The molecule has 2 aliphatic heterocycles. The number of aliphatic hydroxyl groups excluding tert-OH is 2. The van der Waals surface area contributed by atoms with Crippen LogP contribution in [0.1, 0.15) is 18.9 Å². The number of ether oxygens (including phenoxy) is 3. The molecule has 3 unspecified atom stereocenters. The van der Waals surface area contributed by atoms with Gasteiger partial charge >= 0.3 is 13.3 Å². The lowest BCUT2D eigenvalue weighted by Crippen LogP contribution is -2.40. The van der Waals surface area contributed by atoms with Crippen LogP contribution in [0.25, 0.3) is 11.2 Å². The van der Waals surface area contributed by atoms with Crippen molar-refractivity contribution < 1.29 is 38.0 Å². The second-order valence-corrected chi connectivity index (χ2v) is 11.1. The molecule has 0 spiro atoms. The minimum absolute atomic E-state index is 0.183. The number of nitrogen functional groups attached to an aromatic ring is 1. The molecule has 0 saturated carbocycles. The quantitative estimate of drug-likeness (QED) is 0.221. The van der Waals surface area contributed by atoms with Gasteiger partial charge in [-0.1, -0.05) is 0 Å². The minimum atomic E-state index is -3.85. The molecule has 0 bridgehead atoms. The molecule has 5 rings (SSSR count). The number of nitrogens with one attached hydrogen (secondary N) is 1. The maximum Gasteiger partial charge on any atom is 0.330 e. The summed E-state index contributed by atoms with van der Waals surface area (Å²) in [6.45, 7) is 0.390. The van der Waals surface area contributed by atoms with Gasteiger partial charge in [-0.05, 0) is 0 Å². The standard InChI is InChI=1S/C21H28N7O10P/c1-34-17-16(11(6-29)37-20(17)27-4-3-13(31)26-21(27)32)38-39(2,33)35-7-12-10(30)5-14(36-12)28-9-25-15-18(22)23-8-24-19(15)28/h3-4,8-12,14,16-17,20,29-30H,5-7H2,1-2H3,(H2,22,23,24)(H,26,31,32)/t10?,11-,12-,14-,16?,17-,20-,39?/m1/s1. The van der Waals surface area contributed by atoms with Gasteiger partial charge in [0.15, 0.2) is 17.7 Å². The van der Waals surface area contributed by atoms with E-state index in [1.54, 1.807) is 4.57 Å². The van der Waals surface area contributed by atoms with E-state index in [1.807, 2.05) is 0 Å². The lowest BCUT2D eigenvalue weighted by Gasteiger charge is -2.26. The van der Waals surface area contributed by atoms with Crippen LogP contribution in [0.4, 0.5) is 5.82 Å². The highest BCUT2D eigenvalue weighted by Gasteiger charge is 2.49. The van der Waals surface area contributed by atoms with E-state index in [0.717, 1.165) is 10.6 Å². The highest BCUT2D eigenvalue weighted by Crippen LogP contribution is 2.50. The average Bonchev–Trinajstić information content (AvgIpc) is 3.58. The van der Waals surface area contributed by atoms with Crippen LogP contribution >= 0.6 is 7.60 Å². The number of nitrogens with two attached hydrogens (primary N) is 1. The molecule has 8 atom stereocenters. The first-order valence-electron chi connectivity index (χ1n) is 11.9. The number of hydrogen-bond acceptors (Lipinski definition) is 14. The Labute approximate surface area is 220 Å². The van der Waals surface area contributed by atoms with Gasteiger partial charge in [-0.2, -0.15) is 0 Å². The van der Waals surface area contributed by atoms with E-state index < -0.39 is 68.4 Å². The molecule has 2 aliphatic rings. The number of aromatic amines is 1. The number of aliphatic hydroxyl groups is 2. The van der Waals surface area contributed by atoms with Crippen LogP contribution in [-0.4, -0.2) is 96.8 Å². The number of hydrogen-bond donors (Lipinski definition) is 4. The molecule has 5 heterocycles. The van der Waals surface area contributed by atoms with E-state index >= 15 is 0 Å². The highest BCUT2D eigenvalue weighted by atomic mass is 31.2. The normalized spacial score (nSPS) is 30.6. The second-order valence-electron chi connectivity index (χ2n) is 9.12. The smallest absolute Gasteiger partial charge is 0.330 e. The summed E-state index contributed by atoms with van der Waals surface area (Å²) in [5.74, 6) is 0.209. The van der Waals surface area contributed by atoms with Crippen molar-refractivity contribution in [1.82, 2.24) is 29.1 Å². The van der Waals surface area contributed by atoms with E-state index in [-0.39, 0.29) is 18.8 Å². The largest absolute Gasteiger partial charge is 0.394 e. The van der Waals surface area contributed by atoms with Crippen LogP contribution in [0.5, 0.6) is 0 Å². The Hall–Kier alpha value is -3.02. The van der Waals surface area contributed by atoms with E-state index in [9.17, 15) is 24.4 Å². The highest BCUT2D eigenvalue weighted by molar-refractivity contribution is 7.53. The average molecular weight is 569 g/mol. The molecule has 3 aromatic heterocycles. The number of H-pyrrole nitrogens is 1. The summed E-state index contributed by atoms with van der Waals surface area (Å²) in [6, 6.07) is 1.13. The van der Waals surface area contributed by atoms with E-state index in [2.05, 4.69) is 19.9 Å². The molecule has 2 saturated heterocycles. The molecule has 0 radical (unpaired) electrons. The molecule has 212 valence electrons. The summed E-state index contributed by atoms with van der Waals surface area (Å²) < 4.78 is 44.4. The van der Waals surface area contributed by atoms with Crippen LogP contribution in [0.2, 0.25) is 0 Å². The fourth-order valence-electron chi connectivity index (χ4n) is 4.66. The van der Waals surface area contributed by atoms with Crippen LogP contribution in [-0.2, 0) is 27.8 Å². The third-order valence-electron chi connectivity index (χ3n) is 6.55. The molecule has 2 fully saturated rings. The number of fused-ring (bicyclic) bond motifs is 1. The predicted molar refractivity (Wildman–Crippen MR) is 132 cm³/mol. The van der Waals surface area contributed by atoms with Gasteiger partial charge < -0.3 is 34.7 Å². The van der Waals surface area contributed by atoms with Crippen molar-refractivity contribution in [2.45, 2.75) is 49.4 Å². The Morgan fingerprint density at radius 1 is 1.21 bits per heavy atom. The van der Waals surface area contributed by atoms with Gasteiger partial charge in [-0.25, -0.2) is 19.7 Å². The third-order valence-corrected chi connectivity index (χ3v) is 7.80. The topological polar surface area (TPSA) is 228 Å². The molecule has 0 amide bonds. The zero-order valence-electron chi connectivity index (χ0n) is 20.9. The maximum absolute atomic E-state index is 13.3. The number of anilines is 1.